The van der Waals surface area contributed by atoms with E-state index in [2.05, 4.69) is 0 Å². The Balaban J connectivity index is 2.47. The van der Waals surface area contributed by atoms with E-state index >= 15 is 0 Å². The van der Waals surface area contributed by atoms with Crippen LogP contribution >= 0.6 is 11.8 Å². The molecule has 16 heavy (non-hydrogen) atoms. The second kappa shape index (κ2) is 6.33. The zero-order valence-electron chi connectivity index (χ0n) is 9.07. The predicted molar refractivity (Wildman–Crippen MR) is 67.6 cm³/mol. The maximum Gasteiger partial charge on any atom is 0.185 e. The number of hydrogen-bond donors (Lipinski definition) is 1. The van der Waals surface area contributed by atoms with Gasteiger partial charge in [-0.3, -0.25) is 4.79 Å². The minimum absolute atomic E-state index is 0.120. The molecule has 0 aliphatic heterocycles. The minimum Gasteiger partial charge on any atom is -0.398 e. The number of hydrogen-bond acceptors (Lipinski definition) is 3. The number of benzene rings is 1. The van der Waals surface area contributed by atoms with Gasteiger partial charge in [-0.1, -0.05) is 30.0 Å². The summed E-state index contributed by atoms with van der Waals surface area (Å²) in [5.74, 6) is 0.425. The number of halogens is 1. The van der Waals surface area contributed by atoms with Gasteiger partial charge in [-0.2, -0.15) is 0 Å². The molecule has 1 aromatic carbocycles. The Morgan fingerprint density at radius 2 is 2.31 bits per heavy atom. The molecule has 0 radical (unpaired) electrons. The Morgan fingerprint density at radius 1 is 1.56 bits per heavy atom. The first-order chi connectivity index (χ1) is 7.59. The quantitative estimate of drug-likeness (QED) is 0.648. The Labute approximate surface area is 98.7 Å². The van der Waals surface area contributed by atoms with Crippen LogP contribution in [0.15, 0.2) is 24.3 Å². The molecule has 0 aliphatic carbocycles. The number of nitrogen functional groups attached to an aromatic ring is 1. The van der Waals surface area contributed by atoms with E-state index in [0.29, 0.717) is 5.69 Å². The van der Waals surface area contributed by atoms with E-state index in [-0.39, 0.29) is 10.9 Å². The molecule has 0 saturated heterocycles. The van der Waals surface area contributed by atoms with E-state index in [1.807, 2.05) is 12.2 Å². The molecule has 0 spiro atoms. The fraction of sp³-hybridized carbons (Fsp3) is 0.250. The molecular weight excluding hydrogens is 225 g/mol. The van der Waals surface area contributed by atoms with Gasteiger partial charge in [0.05, 0.1) is 0 Å². The van der Waals surface area contributed by atoms with Gasteiger partial charge in [0.2, 0.25) is 0 Å². The van der Waals surface area contributed by atoms with Gasteiger partial charge in [-0.15, -0.1) is 0 Å². The molecule has 2 N–H and O–H groups in total. The van der Waals surface area contributed by atoms with Crippen molar-refractivity contribution in [2.45, 2.75) is 13.3 Å². The fourth-order valence-corrected chi connectivity index (χ4v) is 1.72. The maximum absolute atomic E-state index is 12.7. The summed E-state index contributed by atoms with van der Waals surface area (Å²) in [5, 5.41) is 0.120. The summed E-state index contributed by atoms with van der Waals surface area (Å²) in [6.45, 7) is 1.55. The monoisotopic (exact) mass is 239 g/mol. The van der Waals surface area contributed by atoms with Crippen LogP contribution in [-0.2, 0) is 4.79 Å². The summed E-state index contributed by atoms with van der Waals surface area (Å²) >= 11 is 1.29. The molecule has 0 saturated carbocycles. The molecule has 2 nitrogen and oxygen atoms in total. The first-order valence-corrected chi connectivity index (χ1v) is 5.93. The van der Waals surface area contributed by atoms with Gasteiger partial charge in [0.1, 0.15) is 5.82 Å². The molecule has 0 aromatic heterocycles. The zero-order chi connectivity index (χ0) is 12.0. The molecule has 86 valence electrons. The predicted octanol–water partition coefficient (Wildman–Crippen LogP) is 3.09. The molecule has 0 aliphatic rings. The minimum atomic E-state index is -0.332. The molecule has 0 unspecified atom stereocenters. The number of carbonyl (C=O) groups excluding carboxylic acids is 1. The number of thioether (sulfide) groups is 1. The highest BCUT2D eigenvalue weighted by Gasteiger charge is 1.96. The highest BCUT2D eigenvalue weighted by molar-refractivity contribution is 8.13. The smallest absolute Gasteiger partial charge is 0.185 e. The van der Waals surface area contributed by atoms with Gasteiger partial charge < -0.3 is 5.73 Å². The standard InChI is InChI=1S/C12H14FNOS/c1-9(15)16-7-3-2-4-10-5-6-11(13)8-12(10)14/h2,4-6,8H,3,7,14H2,1H3. The molecule has 1 rings (SSSR count). The third-order valence-electron chi connectivity index (χ3n) is 1.94. The Hall–Kier alpha value is -1.29. The molecule has 0 bridgehead atoms. The summed E-state index contributed by atoms with van der Waals surface area (Å²) in [5.41, 5.74) is 6.86. The molecule has 0 atom stereocenters. The topological polar surface area (TPSA) is 43.1 Å². The van der Waals surface area contributed by atoms with E-state index in [4.69, 9.17) is 5.73 Å². The summed E-state index contributed by atoms with van der Waals surface area (Å²) in [7, 11) is 0. The largest absolute Gasteiger partial charge is 0.398 e. The number of rotatable bonds is 4. The van der Waals surface area contributed by atoms with Crippen LogP contribution in [0.3, 0.4) is 0 Å². The van der Waals surface area contributed by atoms with Crippen LogP contribution in [0, 0.1) is 5.82 Å². The van der Waals surface area contributed by atoms with Gasteiger partial charge >= 0.3 is 0 Å². The van der Waals surface area contributed by atoms with Crippen molar-refractivity contribution in [3.8, 4) is 0 Å². The maximum atomic E-state index is 12.7. The van der Waals surface area contributed by atoms with E-state index in [0.717, 1.165) is 17.7 Å². The van der Waals surface area contributed by atoms with Crippen molar-refractivity contribution in [2.75, 3.05) is 11.5 Å². The first-order valence-electron chi connectivity index (χ1n) is 4.94. The second-order valence-electron chi connectivity index (χ2n) is 3.30. The average molecular weight is 239 g/mol. The highest BCUT2D eigenvalue weighted by atomic mass is 32.2. The van der Waals surface area contributed by atoms with Crippen molar-refractivity contribution in [1.29, 1.82) is 0 Å². The molecule has 0 fully saturated rings. The van der Waals surface area contributed by atoms with Crippen LogP contribution in [0.5, 0.6) is 0 Å². The third kappa shape index (κ3) is 4.49. The zero-order valence-corrected chi connectivity index (χ0v) is 9.89. The van der Waals surface area contributed by atoms with Gasteiger partial charge in [-0.05, 0) is 24.1 Å². The lowest BCUT2D eigenvalue weighted by molar-refractivity contribution is -0.109. The van der Waals surface area contributed by atoms with Crippen LogP contribution in [0.2, 0.25) is 0 Å². The Morgan fingerprint density at radius 3 is 2.94 bits per heavy atom. The van der Waals surface area contributed by atoms with Gasteiger partial charge in [0.15, 0.2) is 5.12 Å². The average Bonchev–Trinajstić information content (AvgIpc) is 2.20. The highest BCUT2D eigenvalue weighted by Crippen LogP contribution is 2.15. The Kier molecular flexibility index (Phi) is 5.05. The number of anilines is 1. The van der Waals surface area contributed by atoms with Crippen molar-refractivity contribution in [3.05, 3.63) is 35.7 Å². The van der Waals surface area contributed by atoms with Crippen LogP contribution in [-0.4, -0.2) is 10.9 Å². The van der Waals surface area contributed by atoms with E-state index in [9.17, 15) is 9.18 Å². The number of allylic oxidation sites excluding steroid dienone is 1. The van der Waals surface area contributed by atoms with Crippen LogP contribution in [0.25, 0.3) is 6.08 Å². The lowest BCUT2D eigenvalue weighted by Gasteiger charge is -1.99. The van der Waals surface area contributed by atoms with Crippen molar-refractivity contribution in [1.82, 2.24) is 0 Å². The molecule has 0 heterocycles. The van der Waals surface area contributed by atoms with Crippen molar-refractivity contribution < 1.29 is 9.18 Å². The molecular formula is C12H14FNOS. The lowest BCUT2D eigenvalue weighted by atomic mass is 10.1. The van der Waals surface area contributed by atoms with Crippen molar-refractivity contribution >= 4 is 28.6 Å². The molecule has 0 amide bonds. The lowest BCUT2D eigenvalue weighted by Crippen LogP contribution is -1.90. The SMILES string of the molecule is CC(=O)SCCC=Cc1ccc(F)cc1N. The number of carbonyl (C=O) groups is 1. The molecule has 1 aromatic rings. The van der Waals surface area contributed by atoms with Gasteiger partial charge in [0, 0.05) is 18.4 Å². The van der Waals surface area contributed by atoms with Crippen LogP contribution in [0.1, 0.15) is 18.9 Å². The van der Waals surface area contributed by atoms with Gasteiger partial charge in [0.25, 0.3) is 0 Å². The van der Waals surface area contributed by atoms with Crippen molar-refractivity contribution in [3.63, 3.8) is 0 Å². The number of nitrogens with two attached hydrogens (primary N) is 1. The second-order valence-corrected chi connectivity index (χ2v) is 4.58. The van der Waals surface area contributed by atoms with Crippen LogP contribution < -0.4 is 5.73 Å². The van der Waals surface area contributed by atoms with E-state index in [1.54, 1.807) is 13.0 Å². The van der Waals surface area contributed by atoms with E-state index < -0.39 is 0 Å². The fourth-order valence-electron chi connectivity index (χ4n) is 1.18. The van der Waals surface area contributed by atoms with Crippen LogP contribution in [0.4, 0.5) is 10.1 Å². The van der Waals surface area contributed by atoms with Crippen molar-refractivity contribution in [2.24, 2.45) is 0 Å². The normalized spacial score (nSPS) is 10.9. The Bertz CT molecular complexity index is 404. The summed E-state index contributed by atoms with van der Waals surface area (Å²) in [6.07, 6.45) is 4.57. The van der Waals surface area contributed by atoms with Gasteiger partial charge in [-0.25, -0.2) is 4.39 Å². The molecule has 4 heteroatoms. The summed E-state index contributed by atoms with van der Waals surface area (Å²) < 4.78 is 12.7. The third-order valence-corrected chi connectivity index (χ3v) is 2.78. The summed E-state index contributed by atoms with van der Waals surface area (Å²) in [6, 6.07) is 4.31. The summed E-state index contributed by atoms with van der Waals surface area (Å²) in [4.78, 5) is 10.6. The first kappa shape index (κ1) is 12.8. The van der Waals surface area contributed by atoms with E-state index in [1.165, 1.54) is 23.9 Å².